The van der Waals surface area contributed by atoms with Crippen molar-refractivity contribution < 1.29 is 4.79 Å². The first-order valence-corrected chi connectivity index (χ1v) is 6.32. The average Bonchev–Trinajstić information content (AvgIpc) is 2.49. The van der Waals surface area contributed by atoms with Gasteiger partial charge in [0.15, 0.2) is 0 Å². The highest BCUT2D eigenvalue weighted by Crippen LogP contribution is 2.14. The molecule has 1 N–H and O–H groups in total. The van der Waals surface area contributed by atoms with Crippen LogP contribution in [0.1, 0.15) is 12.0 Å². The Balaban J connectivity index is 2.16. The molecule has 0 aliphatic carbocycles. The minimum atomic E-state index is -0.313. The second-order valence-corrected chi connectivity index (χ2v) is 4.28. The molecule has 0 bridgehead atoms. The van der Waals surface area contributed by atoms with E-state index in [0.717, 1.165) is 11.3 Å². The number of nitrogens with one attached hydrogen (secondary N) is 1. The molecule has 1 amide bonds. The summed E-state index contributed by atoms with van der Waals surface area (Å²) >= 11 is 0. The zero-order valence-electron chi connectivity index (χ0n) is 11.0. The van der Waals surface area contributed by atoms with Crippen LogP contribution in [0.5, 0.6) is 0 Å². The van der Waals surface area contributed by atoms with Crippen LogP contribution in [-0.4, -0.2) is 5.91 Å². The van der Waals surface area contributed by atoms with Gasteiger partial charge in [-0.25, -0.2) is 0 Å². The van der Waals surface area contributed by atoms with Crippen molar-refractivity contribution in [1.29, 1.82) is 5.26 Å². The molecule has 4 nitrogen and oxygen atoms in total. The van der Waals surface area contributed by atoms with Gasteiger partial charge in [-0.1, -0.05) is 48.5 Å². The van der Waals surface area contributed by atoms with Gasteiger partial charge in [0.1, 0.15) is 6.42 Å². The summed E-state index contributed by atoms with van der Waals surface area (Å²) in [5.74, 6) is -0.313. The van der Waals surface area contributed by atoms with Crippen molar-refractivity contribution in [3.8, 4) is 6.07 Å². The molecule has 0 heterocycles. The number of carbonyl (C=O) groups excluding carboxylic acids is 1. The van der Waals surface area contributed by atoms with Gasteiger partial charge >= 0.3 is 0 Å². The quantitative estimate of drug-likeness (QED) is 0.845. The number of nitriles is 1. The monoisotopic (exact) mass is 265 g/mol. The van der Waals surface area contributed by atoms with Gasteiger partial charge in [0.05, 0.1) is 18.3 Å². The summed E-state index contributed by atoms with van der Waals surface area (Å²) in [7, 11) is 0. The lowest BCUT2D eigenvalue weighted by Crippen LogP contribution is -2.41. The summed E-state index contributed by atoms with van der Waals surface area (Å²) in [6, 6.07) is 21.2. The zero-order valence-corrected chi connectivity index (χ0v) is 11.0. The number of benzene rings is 2. The number of amides is 1. The second kappa shape index (κ2) is 6.95. The van der Waals surface area contributed by atoms with Gasteiger partial charge in [0, 0.05) is 0 Å². The molecule has 0 aromatic heterocycles. The van der Waals surface area contributed by atoms with Crippen LogP contribution in [0.3, 0.4) is 0 Å². The van der Waals surface area contributed by atoms with Crippen molar-refractivity contribution in [3.63, 3.8) is 0 Å². The smallest absolute Gasteiger partial charge is 0.252 e. The molecule has 0 aliphatic rings. The number of hydrazine groups is 1. The summed E-state index contributed by atoms with van der Waals surface area (Å²) in [4.78, 5) is 11.6. The van der Waals surface area contributed by atoms with E-state index < -0.39 is 0 Å². The molecule has 100 valence electrons. The SMILES string of the molecule is N#CCC(=O)NN(Cc1ccccc1)c1ccccc1. The van der Waals surface area contributed by atoms with E-state index in [-0.39, 0.29) is 12.3 Å². The Morgan fingerprint density at radius 3 is 2.25 bits per heavy atom. The summed E-state index contributed by atoms with van der Waals surface area (Å²) in [5, 5.41) is 10.3. The van der Waals surface area contributed by atoms with E-state index in [1.54, 1.807) is 5.01 Å². The first-order valence-electron chi connectivity index (χ1n) is 6.32. The molecular weight excluding hydrogens is 250 g/mol. The van der Waals surface area contributed by atoms with Gasteiger partial charge in [-0.05, 0) is 17.7 Å². The molecule has 0 saturated heterocycles. The first kappa shape index (κ1) is 13.6. The minimum absolute atomic E-state index is 0.155. The topological polar surface area (TPSA) is 56.1 Å². The van der Waals surface area contributed by atoms with Crippen LogP contribution in [0.15, 0.2) is 60.7 Å². The van der Waals surface area contributed by atoms with Gasteiger partial charge < -0.3 is 0 Å². The van der Waals surface area contributed by atoms with Crippen LogP contribution < -0.4 is 10.4 Å². The predicted octanol–water partition coefficient (Wildman–Crippen LogP) is 2.64. The largest absolute Gasteiger partial charge is 0.281 e. The summed E-state index contributed by atoms with van der Waals surface area (Å²) in [6.07, 6.45) is -0.155. The summed E-state index contributed by atoms with van der Waals surface area (Å²) in [5.41, 5.74) is 4.71. The van der Waals surface area contributed by atoms with Crippen molar-refractivity contribution in [2.24, 2.45) is 0 Å². The predicted molar refractivity (Wildman–Crippen MR) is 77.4 cm³/mol. The lowest BCUT2D eigenvalue weighted by Gasteiger charge is -2.25. The molecule has 0 radical (unpaired) electrons. The fourth-order valence-electron chi connectivity index (χ4n) is 1.83. The molecule has 2 aromatic rings. The van der Waals surface area contributed by atoms with E-state index in [9.17, 15) is 4.79 Å². The molecule has 4 heteroatoms. The third kappa shape index (κ3) is 3.85. The van der Waals surface area contributed by atoms with Crippen LogP contribution in [0.2, 0.25) is 0 Å². The van der Waals surface area contributed by atoms with Crippen molar-refractivity contribution in [2.45, 2.75) is 13.0 Å². The Kier molecular flexibility index (Phi) is 4.74. The summed E-state index contributed by atoms with van der Waals surface area (Å²) < 4.78 is 0. The van der Waals surface area contributed by atoms with Crippen LogP contribution in [-0.2, 0) is 11.3 Å². The normalized spacial score (nSPS) is 9.55. The third-order valence-corrected chi connectivity index (χ3v) is 2.75. The molecule has 0 unspecified atom stereocenters. The van der Waals surface area contributed by atoms with Gasteiger partial charge in [-0.15, -0.1) is 0 Å². The molecule has 2 aromatic carbocycles. The van der Waals surface area contributed by atoms with E-state index >= 15 is 0 Å². The lowest BCUT2D eigenvalue weighted by molar-refractivity contribution is -0.120. The van der Waals surface area contributed by atoms with E-state index in [4.69, 9.17) is 5.26 Å². The minimum Gasteiger partial charge on any atom is -0.281 e. The number of nitrogens with zero attached hydrogens (tertiary/aromatic N) is 2. The maximum atomic E-state index is 11.6. The molecule has 0 fully saturated rings. The van der Waals surface area contributed by atoms with Crippen LogP contribution in [0.4, 0.5) is 5.69 Å². The van der Waals surface area contributed by atoms with E-state index in [0.29, 0.717) is 6.54 Å². The second-order valence-electron chi connectivity index (χ2n) is 4.28. The summed E-state index contributed by atoms with van der Waals surface area (Å²) in [6.45, 7) is 0.544. The van der Waals surface area contributed by atoms with Gasteiger partial charge in [0.25, 0.3) is 5.91 Å². The Morgan fingerprint density at radius 2 is 1.65 bits per heavy atom. The van der Waals surface area contributed by atoms with Crippen molar-refractivity contribution in [2.75, 3.05) is 5.01 Å². The van der Waals surface area contributed by atoms with Crippen molar-refractivity contribution in [1.82, 2.24) is 5.43 Å². The highest BCUT2D eigenvalue weighted by Gasteiger charge is 2.10. The van der Waals surface area contributed by atoms with E-state index in [1.165, 1.54) is 0 Å². The number of rotatable bonds is 5. The van der Waals surface area contributed by atoms with Crippen molar-refractivity contribution in [3.05, 3.63) is 66.2 Å². The molecule has 0 aliphatic heterocycles. The van der Waals surface area contributed by atoms with Gasteiger partial charge in [-0.2, -0.15) is 5.26 Å². The maximum absolute atomic E-state index is 11.6. The Hall–Kier alpha value is -2.80. The van der Waals surface area contributed by atoms with Crippen LogP contribution in [0.25, 0.3) is 0 Å². The van der Waals surface area contributed by atoms with Gasteiger partial charge in [-0.3, -0.25) is 15.2 Å². The Morgan fingerprint density at radius 1 is 1.05 bits per heavy atom. The van der Waals surface area contributed by atoms with Crippen molar-refractivity contribution >= 4 is 11.6 Å². The first-order chi connectivity index (χ1) is 9.79. The highest BCUT2D eigenvalue weighted by molar-refractivity contribution is 5.79. The fraction of sp³-hybridized carbons (Fsp3) is 0.125. The number of hydrogen-bond donors (Lipinski definition) is 1. The van der Waals surface area contributed by atoms with Crippen LogP contribution in [0, 0.1) is 11.3 Å². The molecule has 0 atom stereocenters. The number of anilines is 1. The number of carbonyl (C=O) groups is 1. The standard InChI is InChI=1S/C16H15N3O/c17-12-11-16(20)18-19(15-9-5-2-6-10-15)13-14-7-3-1-4-8-14/h1-10H,11,13H2,(H,18,20). The highest BCUT2D eigenvalue weighted by atomic mass is 16.2. The maximum Gasteiger partial charge on any atom is 0.252 e. The molecule has 20 heavy (non-hydrogen) atoms. The number of hydrogen-bond acceptors (Lipinski definition) is 3. The Bertz CT molecular complexity index is 590. The average molecular weight is 265 g/mol. The third-order valence-electron chi connectivity index (χ3n) is 2.75. The molecule has 2 rings (SSSR count). The Labute approximate surface area is 118 Å². The van der Waals surface area contributed by atoms with Crippen LogP contribution >= 0.6 is 0 Å². The van der Waals surface area contributed by atoms with Gasteiger partial charge in [0.2, 0.25) is 0 Å². The lowest BCUT2D eigenvalue weighted by atomic mass is 10.2. The number of para-hydroxylation sites is 1. The fourth-order valence-corrected chi connectivity index (χ4v) is 1.83. The molecular formula is C16H15N3O. The molecule has 0 saturated carbocycles. The van der Waals surface area contributed by atoms with E-state index in [2.05, 4.69) is 5.43 Å². The molecule has 0 spiro atoms. The van der Waals surface area contributed by atoms with E-state index in [1.807, 2.05) is 66.7 Å². The zero-order chi connectivity index (χ0) is 14.2.